The van der Waals surface area contributed by atoms with Gasteiger partial charge in [0.25, 0.3) is 0 Å². The third kappa shape index (κ3) is 1.11. The molecule has 0 bridgehead atoms. The molecule has 124 valence electrons. The molecule has 23 heavy (non-hydrogen) atoms. The highest BCUT2D eigenvalue weighted by Crippen LogP contribution is 2.84. The minimum absolute atomic E-state index is 0.0537. The van der Waals surface area contributed by atoms with Crippen LogP contribution in [-0.2, 0) is 0 Å². The fourth-order valence-corrected chi connectivity index (χ4v) is 5.38. The molecular weight excluding hydrogens is 369 g/mol. The van der Waals surface area contributed by atoms with Crippen LogP contribution in [0.25, 0.3) is 0 Å². The third-order valence-electron chi connectivity index (χ3n) is 5.27. The quantitative estimate of drug-likeness (QED) is 0.483. The summed E-state index contributed by atoms with van der Waals surface area (Å²) in [5.41, 5.74) is -0.145. The number of fused-ring (bicyclic) bond motifs is 6. The predicted molar refractivity (Wildman–Crippen MR) is 69.0 cm³/mol. The zero-order chi connectivity index (χ0) is 17.2. The Morgan fingerprint density at radius 1 is 0.783 bits per heavy atom. The number of alkyl halides is 8. The van der Waals surface area contributed by atoms with Crippen LogP contribution < -0.4 is 0 Å². The van der Waals surface area contributed by atoms with Crippen molar-refractivity contribution in [1.29, 1.82) is 0 Å². The third-order valence-corrected chi connectivity index (χ3v) is 6.90. The molecule has 0 radical (unpaired) electrons. The molecule has 0 aromatic heterocycles. The molecule has 2 saturated carbocycles. The van der Waals surface area contributed by atoms with Gasteiger partial charge in [-0.05, 0) is 5.56 Å². The number of hydrogen-bond donors (Lipinski definition) is 0. The van der Waals surface area contributed by atoms with Gasteiger partial charge in [-0.2, -0.15) is 26.3 Å². The van der Waals surface area contributed by atoms with Gasteiger partial charge in [0.15, 0.2) is 10.7 Å². The highest BCUT2D eigenvalue weighted by Gasteiger charge is 3.04. The highest BCUT2D eigenvalue weighted by atomic mass is 35.5. The van der Waals surface area contributed by atoms with E-state index in [2.05, 4.69) is 0 Å². The van der Waals surface area contributed by atoms with Gasteiger partial charge in [-0.15, -0.1) is 23.2 Å². The summed E-state index contributed by atoms with van der Waals surface area (Å²) in [4.78, 5) is 5.27. The Hall–Kier alpha value is -0.950. The van der Waals surface area contributed by atoms with Crippen molar-refractivity contribution < 1.29 is 31.1 Å². The molecular formula is C14H6Cl2F6O. The lowest BCUT2D eigenvalue weighted by molar-refractivity contribution is -0.275. The molecule has 4 rings (SSSR count). The second-order valence-electron chi connectivity index (χ2n) is 6.05. The predicted octanol–water partition coefficient (Wildman–Crippen LogP) is 4.47. The van der Waals surface area contributed by atoms with E-state index in [1.165, 1.54) is 24.3 Å². The summed E-state index contributed by atoms with van der Waals surface area (Å²) in [5.74, 6) is -21.0. The van der Waals surface area contributed by atoms with E-state index in [-0.39, 0.29) is 11.1 Å². The highest BCUT2D eigenvalue weighted by molar-refractivity contribution is 6.42. The molecule has 4 atom stereocenters. The first-order chi connectivity index (χ1) is 10.4. The van der Waals surface area contributed by atoms with Gasteiger partial charge in [0.05, 0.1) is 5.92 Å². The van der Waals surface area contributed by atoms with E-state index in [0.29, 0.717) is 0 Å². The van der Waals surface area contributed by atoms with Crippen LogP contribution in [0.15, 0.2) is 24.3 Å². The summed E-state index contributed by atoms with van der Waals surface area (Å²) < 4.78 is 84.4. The molecule has 9 heteroatoms. The van der Waals surface area contributed by atoms with Gasteiger partial charge in [-0.25, -0.2) is 0 Å². The topological polar surface area (TPSA) is 17.1 Å². The Kier molecular flexibility index (Phi) is 2.48. The summed E-state index contributed by atoms with van der Waals surface area (Å²) in [5, 5.41) is 0. The minimum atomic E-state index is -5.76. The van der Waals surface area contributed by atoms with Gasteiger partial charge in [0.1, 0.15) is 4.87 Å². The summed E-state index contributed by atoms with van der Waals surface area (Å²) in [7, 11) is 0. The van der Waals surface area contributed by atoms with Crippen LogP contribution in [0.2, 0.25) is 0 Å². The molecule has 0 saturated heterocycles. The van der Waals surface area contributed by atoms with E-state index >= 15 is 0 Å². The van der Waals surface area contributed by atoms with Gasteiger partial charge in [0, 0.05) is 11.5 Å². The standard InChI is InChI=1S/C14H6Cl2F6O/c15-10-7-5-3-1-2-4-6(5)9(23)8(7)11(10,16)13(19,20)14(21,22)12(10,17)18/h1-4,7-8H/t7-,8-,10+,11-/m1/s1. The number of Topliss-reactive ketones (excluding diaryl/α,β-unsaturated/α-hetero) is 1. The Morgan fingerprint density at radius 3 is 1.83 bits per heavy atom. The number of halogens is 8. The molecule has 2 fully saturated rings. The van der Waals surface area contributed by atoms with E-state index in [9.17, 15) is 31.1 Å². The molecule has 0 spiro atoms. The van der Waals surface area contributed by atoms with E-state index in [1.807, 2.05) is 0 Å². The van der Waals surface area contributed by atoms with E-state index < -0.39 is 45.1 Å². The van der Waals surface area contributed by atoms with Gasteiger partial charge in [-0.1, -0.05) is 24.3 Å². The van der Waals surface area contributed by atoms with E-state index in [4.69, 9.17) is 23.2 Å². The monoisotopic (exact) mass is 374 g/mol. The molecule has 1 aromatic carbocycles. The number of carbonyl (C=O) groups is 1. The van der Waals surface area contributed by atoms with Crippen LogP contribution in [0.3, 0.4) is 0 Å². The maximum atomic E-state index is 14.2. The average molecular weight is 375 g/mol. The first kappa shape index (κ1) is 15.6. The van der Waals surface area contributed by atoms with Crippen molar-refractivity contribution in [2.24, 2.45) is 5.92 Å². The lowest BCUT2D eigenvalue weighted by Gasteiger charge is -2.57. The first-order valence-corrected chi connectivity index (χ1v) is 7.29. The number of carbonyl (C=O) groups excluding carboxylic acids is 1. The fraction of sp³-hybridized carbons (Fsp3) is 0.500. The Bertz CT molecular complexity index is 765. The summed E-state index contributed by atoms with van der Waals surface area (Å²) in [6.07, 6.45) is 0. The van der Waals surface area contributed by atoms with Crippen molar-refractivity contribution in [2.75, 3.05) is 0 Å². The Morgan fingerprint density at radius 2 is 1.26 bits per heavy atom. The van der Waals surface area contributed by atoms with Crippen molar-refractivity contribution >= 4 is 29.0 Å². The van der Waals surface area contributed by atoms with Gasteiger partial charge >= 0.3 is 17.8 Å². The molecule has 1 aromatic rings. The number of rotatable bonds is 0. The minimum Gasteiger partial charge on any atom is -0.294 e. The van der Waals surface area contributed by atoms with Gasteiger partial charge in [0.2, 0.25) is 0 Å². The molecule has 1 nitrogen and oxygen atoms in total. The molecule has 3 aliphatic rings. The molecule has 0 heterocycles. The van der Waals surface area contributed by atoms with Crippen molar-refractivity contribution in [1.82, 2.24) is 0 Å². The summed E-state index contributed by atoms with van der Waals surface area (Å²) >= 11 is 11.3. The molecule has 0 N–H and O–H groups in total. The van der Waals surface area contributed by atoms with Crippen LogP contribution in [0.1, 0.15) is 21.8 Å². The maximum Gasteiger partial charge on any atom is 0.375 e. The van der Waals surface area contributed by atoms with Gasteiger partial charge in [-0.3, -0.25) is 4.79 Å². The lowest BCUT2D eigenvalue weighted by atomic mass is 9.55. The fourth-order valence-electron chi connectivity index (χ4n) is 4.20. The van der Waals surface area contributed by atoms with Gasteiger partial charge < -0.3 is 0 Å². The van der Waals surface area contributed by atoms with Crippen molar-refractivity contribution in [2.45, 2.75) is 33.4 Å². The zero-order valence-corrected chi connectivity index (χ0v) is 12.4. The van der Waals surface area contributed by atoms with E-state index in [0.717, 1.165) is 0 Å². The Labute approximate surface area is 135 Å². The smallest absolute Gasteiger partial charge is 0.294 e. The zero-order valence-electron chi connectivity index (χ0n) is 10.9. The molecule has 0 aliphatic heterocycles. The first-order valence-electron chi connectivity index (χ1n) is 6.53. The van der Waals surface area contributed by atoms with Crippen molar-refractivity contribution in [3.63, 3.8) is 0 Å². The van der Waals surface area contributed by atoms with Crippen LogP contribution in [-0.4, -0.2) is 33.3 Å². The van der Waals surface area contributed by atoms with Crippen LogP contribution >= 0.6 is 23.2 Å². The number of ketones is 1. The van der Waals surface area contributed by atoms with Crippen LogP contribution in [0.4, 0.5) is 26.3 Å². The number of benzene rings is 1. The van der Waals surface area contributed by atoms with Crippen molar-refractivity contribution in [3.8, 4) is 0 Å². The lowest BCUT2D eigenvalue weighted by Crippen LogP contribution is -2.74. The number of hydrogen-bond acceptors (Lipinski definition) is 1. The van der Waals surface area contributed by atoms with E-state index in [1.54, 1.807) is 0 Å². The second kappa shape index (κ2) is 3.67. The molecule has 0 amide bonds. The summed E-state index contributed by atoms with van der Waals surface area (Å²) in [6, 6.07) is 5.28. The van der Waals surface area contributed by atoms with Crippen LogP contribution in [0, 0.1) is 5.92 Å². The van der Waals surface area contributed by atoms with Crippen molar-refractivity contribution in [3.05, 3.63) is 35.4 Å². The maximum absolute atomic E-state index is 14.2. The molecule has 3 aliphatic carbocycles. The second-order valence-corrected chi connectivity index (χ2v) is 7.25. The normalized spacial score (nSPS) is 44.3. The summed E-state index contributed by atoms with van der Waals surface area (Å²) in [6.45, 7) is 0. The largest absolute Gasteiger partial charge is 0.375 e. The SMILES string of the molecule is O=C1c2ccccc2[C@@H]2[C@H]1[C@]1(Cl)C(F)(F)C(F)(F)C(F)(F)[C@]21Cl. The van der Waals surface area contributed by atoms with Crippen LogP contribution in [0.5, 0.6) is 0 Å². The molecule has 0 unspecified atom stereocenters. The average Bonchev–Trinajstić information content (AvgIpc) is 2.78. The Balaban J connectivity index is 2.04.